The van der Waals surface area contributed by atoms with Gasteiger partial charge >= 0.3 is 0 Å². The van der Waals surface area contributed by atoms with E-state index in [9.17, 15) is 13.5 Å². The van der Waals surface area contributed by atoms with Gasteiger partial charge in [-0.3, -0.25) is 9.88 Å². The summed E-state index contributed by atoms with van der Waals surface area (Å²) in [5, 5.41) is 9.79. The summed E-state index contributed by atoms with van der Waals surface area (Å²) in [6, 6.07) is 8.51. The van der Waals surface area contributed by atoms with E-state index in [4.69, 9.17) is 4.74 Å². The van der Waals surface area contributed by atoms with E-state index in [1.54, 1.807) is 37.5 Å². The Bertz CT molecular complexity index is 1160. The molecule has 0 bridgehead atoms. The number of aromatic nitrogens is 1. The molecule has 2 aliphatic rings. The molecule has 34 heavy (non-hydrogen) atoms. The summed E-state index contributed by atoms with van der Waals surface area (Å²) >= 11 is 0. The first kappa shape index (κ1) is 24.7. The van der Waals surface area contributed by atoms with Crippen molar-refractivity contribution in [3.8, 4) is 17.6 Å². The average molecular weight is 484 g/mol. The quantitative estimate of drug-likeness (QED) is 0.637. The van der Waals surface area contributed by atoms with Gasteiger partial charge in [0.2, 0.25) is 10.0 Å². The number of pyridine rings is 1. The standard InChI is InChI=1S/C26H33N3O4S/c1-19-15-29(20(2)18-30)34(31,32)26-9-8-22(7-6-21-4-5-21)14-24(26)33-25(19)17-28(3)16-23-10-12-27-13-11-23/h8-14,19-21,25,30H,4-5,15-18H2,1-3H3/t19-,20-,25+/m1/s1. The van der Waals surface area contributed by atoms with Gasteiger partial charge in [0.1, 0.15) is 16.7 Å². The van der Waals surface area contributed by atoms with Gasteiger partial charge in [0, 0.05) is 55.5 Å². The molecule has 7 nitrogen and oxygen atoms in total. The number of hydrogen-bond acceptors (Lipinski definition) is 6. The van der Waals surface area contributed by atoms with Crippen LogP contribution >= 0.6 is 0 Å². The van der Waals surface area contributed by atoms with Crippen LogP contribution in [-0.4, -0.2) is 66.6 Å². The zero-order chi connectivity index (χ0) is 24.3. The molecular weight excluding hydrogens is 450 g/mol. The van der Waals surface area contributed by atoms with E-state index in [1.807, 2.05) is 26.1 Å². The van der Waals surface area contributed by atoms with Gasteiger partial charge in [-0.2, -0.15) is 4.31 Å². The van der Waals surface area contributed by atoms with Crippen molar-refractivity contribution >= 4 is 10.0 Å². The molecule has 1 N–H and O–H groups in total. The van der Waals surface area contributed by atoms with Crippen LogP contribution in [0.3, 0.4) is 0 Å². The molecule has 0 radical (unpaired) electrons. The van der Waals surface area contributed by atoms with E-state index in [0.717, 1.165) is 30.5 Å². The molecule has 1 fully saturated rings. The van der Waals surface area contributed by atoms with Crippen molar-refractivity contribution in [2.24, 2.45) is 11.8 Å². The van der Waals surface area contributed by atoms with Gasteiger partial charge in [-0.05, 0) is 62.7 Å². The molecule has 1 aliphatic heterocycles. The molecule has 1 aromatic carbocycles. The Labute approximate surface area is 202 Å². The Balaban J connectivity index is 1.66. The van der Waals surface area contributed by atoms with Crippen molar-refractivity contribution in [1.29, 1.82) is 0 Å². The summed E-state index contributed by atoms with van der Waals surface area (Å²) in [4.78, 5) is 6.37. The first-order chi connectivity index (χ1) is 16.3. The molecule has 1 aromatic heterocycles. The van der Waals surface area contributed by atoms with Gasteiger partial charge in [0.25, 0.3) is 0 Å². The first-order valence-electron chi connectivity index (χ1n) is 11.8. The van der Waals surface area contributed by atoms with Crippen molar-refractivity contribution in [2.75, 3.05) is 26.7 Å². The number of ether oxygens (including phenoxy) is 1. The smallest absolute Gasteiger partial charge is 0.247 e. The number of rotatable bonds is 6. The lowest BCUT2D eigenvalue weighted by atomic mass is 10.0. The number of likely N-dealkylation sites (N-methyl/N-ethyl adjacent to an activating group) is 1. The second-order valence-corrected chi connectivity index (χ2v) is 11.4. The highest BCUT2D eigenvalue weighted by molar-refractivity contribution is 7.89. The van der Waals surface area contributed by atoms with Gasteiger partial charge in [0.05, 0.1) is 6.61 Å². The number of sulfonamides is 1. The van der Waals surface area contributed by atoms with Crippen molar-refractivity contribution in [3.63, 3.8) is 0 Å². The SMILES string of the molecule is C[C@@H]1CN([C@H](C)CO)S(=O)(=O)c2ccc(C#CC3CC3)cc2O[C@H]1CN(C)Cc1ccncc1. The molecule has 4 rings (SSSR count). The van der Waals surface area contributed by atoms with Crippen molar-refractivity contribution < 1.29 is 18.3 Å². The third kappa shape index (κ3) is 5.78. The average Bonchev–Trinajstić information content (AvgIpc) is 3.64. The van der Waals surface area contributed by atoms with Crippen molar-refractivity contribution in [1.82, 2.24) is 14.2 Å². The van der Waals surface area contributed by atoms with Crippen LogP contribution in [0.5, 0.6) is 5.75 Å². The number of aliphatic hydroxyl groups excluding tert-OH is 1. The number of aliphatic hydroxyl groups is 1. The van der Waals surface area contributed by atoms with Gasteiger partial charge in [-0.25, -0.2) is 8.42 Å². The predicted molar refractivity (Wildman–Crippen MR) is 131 cm³/mol. The molecule has 1 aliphatic carbocycles. The minimum Gasteiger partial charge on any atom is -0.487 e. The largest absolute Gasteiger partial charge is 0.487 e. The normalized spacial score (nSPS) is 23.1. The van der Waals surface area contributed by atoms with Gasteiger partial charge < -0.3 is 9.84 Å². The number of benzene rings is 1. The maximum atomic E-state index is 13.6. The molecule has 3 atom stereocenters. The summed E-state index contributed by atoms with van der Waals surface area (Å²) in [7, 11) is -1.82. The lowest BCUT2D eigenvalue weighted by Crippen LogP contribution is -2.49. The summed E-state index contributed by atoms with van der Waals surface area (Å²) in [6.45, 7) is 5.08. The second kappa shape index (κ2) is 10.4. The van der Waals surface area contributed by atoms with E-state index in [2.05, 4.69) is 21.7 Å². The van der Waals surface area contributed by atoms with E-state index in [1.165, 1.54) is 4.31 Å². The van der Waals surface area contributed by atoms with E-state index in [-0.39, 0.29) is 30.1 Å². The first-order valence-corrected chi connectivity index (χ1v) is 13.2. The summed E-state index contributed by atoms with van der Waals surface area (Å²) < 4.78 is 35.0. The van der Waals surface area contributed by atoms with Crippen molar-refractivity contribution in [2.45, 2.75) is 50.3 Å². The van der Waals surface area contributed by atoms with Crippen LogP contribution in [0.15, 0.2) is 47.6 Å². The lowest BCUT2D eigenvalue weighted by molar-refractivity contribution is 0.0733. The third-order valence-electron chi connectivity index (χ3n) is 6.36. The zero-order valence-corrected chi connectivity index (χ0v) is 20.8. The van der Waals surface area contributed by atoms with E-state index >= 15 is 0 Å². The summed E-state index contributed by atoms with van der Waals surface area (Å²) in [6.07, 6.45) is 5.55. The summed E-state index contributed by atoms with van der Waals surface area (Å²) in [5.74, 6) is 7.08. The molecule has 8 heteroatoms. The molecular formula is C26H33N3O4S. The van der Waals surface area contributed by atoms with Crippen LogP contribution in [-0.2, 0) is 16.6 Å². The topological polar surface area (TPSA) is 83.0 Å². The predicted octanol–water partition coefficient (Wildman–Crippen LogP) is 2.74. The monoisotopic (exact) mass is 483 g/mol. The molecule has 0 amide bonds. The molecule has 1 saturated carbocycles. The fourth-order valence-electron chi connectivity index (χ4n) is 4.11. The Morgan fingerprint density at radius 3 is 2.68 bits per heavy atom. The Hall–Kier alpha value is -2.44. The fraction of sp³-hybridized carbons (Fsp3) is 0.500. The molecule has 2 heterocycles. The van der Waals surface area contributed by atoms with Crippen LogP contribution < -0.4 is 4.74 Å². The third-order valence-corrected chi connectivity index (χ3v) is 8.38. The lowest BCUT2D eigenvalue weighted by Gasteiger charge is -2.37. The number of fused-ring (bicyclic) bond motifs is 1. The van der Waals surface area contributed by atoms with Crippen molar-refractivity contribution in [3.05, 3.63) is 53.9 Å². The van der Waals surface area contributed by atoms with Crippen LogP contribution in [0.2, 0.25) is 0 Å². The second-order valence-electron chi connectivity index (χ2n) is 9.50. The van der Waals surface area contributed by atoms with E-state index in [0.29, 0.717) is 18.2 Å². The van der Waals surface area contributed by atoms with Gasteiger partial charge in [-0.15, -0.1) is 0 Å². The molecule has 2 aromatic rings. The fourth-order valence-corrected chi connectivity index (χ4v) is 5.93. The van der Waals surface area contributed by atoms with Crippen LogP contribution in [0.25, 0.3) is 0 Å². The summed E-state index contributed by atoms with van der Waals surface area (Å²) in [5.41, 5.74) is 1.90. The van der Waals surface area contributed by atoms with Crippen LogP contribution in [0.1, 0.15) is 37.8 Å². The molecule has 0 spiro atoms. The highest BCUT2D eigenvalue weighted by Crippen LogP contribution is 2.34. The molecule has 0 unspecified atom stereocenters. The highest BCUT2D eigenvalue weighted by atomic mass is 32.2. The van der Waals surface area contributed by atoms with Crippen LogP contribution in [0, 0.1) is 23.7 Å². The zero-order valence-electron chi connectivity index (χ0n) is 20.0. The van der Waals surface area contributed by atoms with Gasteiger partial charge in [0.15, 0.2) is 0 Å². The maximum Gasteiger partial charge on any atom is 0.247 e. The van der Waals surface area contributed by atoms with Gasteiger partial charge in [-0.1, -0.05) is 18.8 Å². The molecule has 0 saturated heterocycles. The van der Waals surface area contributed by atoms with Crippen LogP contribution in [0.4, 0.5) is 0 Å². The Morgan fingerprint density at radius 2 is 2.00 bits per heavy atom. The minimum atomic E-state index is -3.84. The maximum absolute atomic E-state index is 13.6. The number of nitrogens with zero attached hydrogens (tertiary/aromatic N) is 3. The highest BCUT2D eigenvalue weighted by Gasteiger charge is 2.38. The number of hydrogen-bond donors (Lipinski definition) is 1. The van der Waals surface area contributed by atoms with E-state index < -0.39 is 16.1 Å². The minimum absolute atomic E-state index is 0.0991. The Morgan fingerprint density at radius 1 is 1.26 bits per heavy atom. The Kier molecular flexibility index (Phi) is 7.58. The molecule has 182 valence electrons.